The summed E-state index contributed by atoms with van der Waals surface area (Å²) in [5.41, 5.74) is 2.79. The van der Waals surface area contributed by atoms with Crippen molar-refractivity contribution in [2.24, 2.45) is 0 Å². The molecule has 0 aliphatic heterocycles. The van der Waals surface area contributed by atoms with Gasteiger partial charge in [0.2, 0.25) is 0 Å². The van der Waals surface area contributed by atoms with E-state index >= 15 is 0 Å². The van der Waals surface area contributed by atoms with Gasteiger partial charge >= 0.3 is 0 Å². The third kappa shape index (κ3) is 6.13. The lowest BCUT2D eigenvalue weighted by Crippen LogP contribution is -2.34. The van der Waals surface area contributed by atoms with Crippen molar-refractivity contribution in [2.45, 2.75) is 39.7 Å². The molecule has 0 heterocycles. The largest absolute Gasteiger partial charge is 0.313 e. The second-order valence-corrected chi connectivity index (χ2v) is 5.82. The predicted molar refractivity (Wildman–Crippen MR) is 80.0 cm³/mol. The summed E-state index contributed by atoms with van der Waals surface area (Å²) in [5.74, 6) is 2.42. The molecule has 0 aliphatic rings. The van der Waals surface area contributed by atoms with E-state index in [9.17, 15) is 0 Å². The molecule has 0 radical (unpaired) electrons. The highest BCUT2D eigenvalue weighted by molar-refractivity contribution is 7.99. The molecule has 1 nitrogen and oxygen atoms in total. The lowest BCUT2D eigenvalue weighted by molar-refractivity contribution is 0.550. The summed E-state index contributed by atoms with van der Waals surface area (Å²) in [6, 6.07) is 9.54. The molecule has 0 bridgehead atoms. The van der Waals surface area contributed by atoms with Gasteiger partial charge in [-0.3, -0.25) is 0 Å². The third-order valence-electron chi connectivity index (χ3n) is 2.81. The molecule has 1 rings (SSSR count). The van der Waals surface area contributed by atoms with Crippen LogP contribution in [0.15, 0.2) is 24.3 Å². The third-order valence-corrected chi connectivity index (χ3v) is 3.86. The molecule has 1 aromatic rings. The maximum Gasteiger partial charge on any atom is 0.0198 e. The van der Waals surface area contributed by atoms with E-state index in [0.717, 1.165) is 13.0 Å². The highest BCUT2D eigenvalue weighted by Gasteiger charge is 2.08. The number of aryl methyl sites for hydroxylation is 1. The first-order valence-corrected chi connectivity index (χ1v) is 7.78. The number of benzene rings is 1. The van der Waals surface area contributed by atoms with Gasteiger partial charge in [-0.2, -0.15) is 11.8 Å². The zero-order chi connectivity index (χ0) is 12.5. The Morgan fingerprint density at radius 3 is 2.47 bits per heavy atom. The molecule has 0 spiro atoms. The van der Waals surface area contributed by atoms with Gasteiger partial charge in [-0.05, 0) is 37.6 Å². The van der Waals surface area contributed by atoms with E-state index in [0.29, 0.717) is 6.04 Å². The summed E-state index contributed by atoms with van der Waals surface area (Å²) in [5, 5.41) is 3.65. The Morgan fingerprint density at radius 1 is 1.18 bits per heavy atom. The maximum atomic E-state index is 3.65. The fourth-order valence-electron chi connectivity index (χ4n) is 1.81. The summed E-state index contributed by atoms with van der Waals surface area (Å²) < 4.78 is 0. The van der Waals surface area contributed by atoms with Crippen LogP contribution in [0.5, 0.6) is 0 Å². The number of rotatable bonds is 8. The normalized spacial score (nSPS) is 12.6. The molecule has 1 unspecified atom stereocenters. The summed E-state index contributed by atoms with van der Waals surface area (Å²) in [6.45, 7) is 7.72. The Bertz CT molecular complexity index is 286. The van der Waals surface area contributed by atoms with Crippen LogP contribution in [0.1, 0.15) is 31.4 Å². The summed E-state index contributed by atoms with van der Waals surface area (Å²) in [7, 11) is 0. The molecule has 1 aromatic carbocycles. The highest BCUT2D eigenvalue weighted by atomic mass is 32.2. The molecule has 0 amide bonds. The van der Waals surface area contributed by atoms with Gasteiger partial charge in [0, 0.05) is 11.8 Å². The number of nitrogens with one attached hydrogen (secondary N) is 1. The Labute approximate surface area is 110 Å². The van der Waals surface area contributed by atoms with E-state index in [1.165, 1.54) is 29.1 Å². The van der Waals surface area contributed by atoms with Gasteiger partial charge in [0.15, 0.2) is 0 Å². The van der Waals surface area contributed by atoms with Crippen LogP contribution in [0.25, 0.3) is 0 Å². The number of thioether (sulfide) groups is 1. The first-order valence-electron chi connectivity index (χ1n) is 6.63. The second kappa shape index (κ2) is 8.60. The first-order chi connectivity index (χ1) is 8.26. The van der Waals surface area contributed by atoms with E-state index < -0.39 is 0 Å². The molecule has 0 saturated carbocycles. The molecule has 2 heteroatoms. The van der Waals surface area contributed by atoms with Crippen molar-refractivity contribution >= 4 is 11.8 Å². The molecule has 1 N–H and O–H groups in total. The number of hydrogen-bond donors (Lipinski definition) is 1. The monoisotopic (exact) mass is 251 g/mol. The van der Waals surface area contributed by atoms with Crippen LogP contribution in [0.2, 0.25) is 0 Å². The molecule has 0 fully saturated rings. The lowest BCUT2D eigenvalue weighted by atomic mass is 10.1. The smallest absolute Gasteiger partial charge is 0.0198 e. The highest BCUT2D eigenvalue weighted by Crippen LogP contribution is 2.10. The van der Waals surface area contributed by atoms with Crippen molar-refractivity contribution < 1.29 is 0 Å². The van der Waals surface area contributed by atoms with Crippen molar-refractivity contribution in [2.75, 3.05) is 18.1 Å². The van der Waals surface area contributed by atoms with Crippen LogP contribution >= 0.6 is 11.8 Å². The average Bonchev–Trinajstić information content (AvgIpc) is 2.35. The van der Waals surface area contributed by atoms with Crippen LogP contribution in [-0.4, -0.2) is 24.1 Å². The van der Waals surface area contributed by atoms with E-state index in [4.69, 9.17) is 0 Å². The van der Waals surface area contributed by atoms with Gasteiger partial charge in [0.1, 0.15) is 0 Å². The van der Waals surface area contributed by atoms with Crippen LogP contribution in [0.4, 0.5) is 0 Å². The van der Waals surface area contributed by atoms with Crippen molar-refractivity contribution in [1.29, 1.82) is 0 Å². The fourth-order valence-corrected chi connectivity index (χ4v) is 2.56. The van der Waals surface area contributed by atoms with Crippen LogP contribution in [0.3, 0.4) is 0 Å². The van der Waals surface area contributed by atoms with Crippen molar-refractivity contribution in [3.8, 4) is 0 Å². The Hall–Kier alpha value is -0.470. The van der Waals surface area contributed by atoms with Crippen LogP contribution in [-0.2, 0) is 6.42 Å². The topological polar surface area (TPSA) is 12.0 Å². The number of hydrogen-bond acceptors (Lipinski definition) is 2. The molecule has 0 aliphatic carbocycles. The minimum Gasteiger partial charge on any atom is -0.313 e. The lowest BCUT2D eigenvalue weighted by Gasteiger charge is -2.18. The van der Waals surface area contributed by atoms with Gasteiger partial charge in [0.05, 0.1) is 0 Å². The van der Waals surface area contributed by atoms with Gasteiger partial charge < -0.3 is 5.32 Å². The summed E-state index contributed by atoms with van der Waals surface area (Å²) >= 11 is 2.03. The van der Waals surface area contributed by atoms with Crippen molar-refractivity contribution in [3.63, 3.8) is 0 Å². The minimum atomic E-state index is 0.614. The van der Waals surface area contributed by atoms with E-state index in [1.807, 2.05) is 11.8 Å². The van der Waals surface area contributed by atoms with E-state index in [2.05, 4.69) is 50.4 Å². The Kier molecular flexibility index (Phi) is 7.38. The van der Waals surface area contributed by atoms with Crippen molar-refractivity contribution in [3.05, 3.63) is 35.4 Å². The summed E-state index contributed by atoms with van der Waals surface area (Å²) in [4.78, 5) is 0. The van der Waals surface area contributed by atoms with E-state index in [-0.39, 0.29) is 0 Å². The Balaban J connectivity index is 2.48. The molecular weight excluding hydrogens is 226 g/mol. The predicted octanol–water partition coefficient (Wildman–Crippen LogP) is 3.66. The van der Waals surface area contributed by atoms with Crippen molar-refractivity contribution in [1.82, 2.24) is 5.32 Å². The zero-order valence-electron chi connectivity index (χ0n) is 11.3. The molecular formula is C15H25NS. The molecule has 1 atom stereocenters. The van der Waals surface area contributed by atoms with Gasteiger partial charge in [-0.25, -0.2) is 0 Å². The first kappa shape index (κ1) is 14.6. The standard InChI is InChI=1S/C15H25NS/c1-4-10-16-15(12-17-5-2)11-14-8-6-13(3)7-9-14/h6-9,15-16H,4-5,10-12H2,1-3H3. The maximum absolute atomic E-state index is 3.65. The quantitative estimate of drug-likeness (QED) is 0.757. The van der Waals surface area contributed by atoms with Crippen LogP contribution < -0.4 is 5.32 Å². The van der Waals surface area contributed by atoms with Gasteiger partial charge in [-0.15, -0.1) is 0 Å². The molecule has 96 valence electrons. The Morgan fingerprint density at radius 2 is 1.88 bits per heavy atom. The molecule has 17 heavy (non-hydrogen) atoms. The van der Waals surface area contributed by atoms with E-state index in [1.54, 1.807) is 0 Å². The molecule has 0 aromatic heterocycles. The summed E-state index contributed by atoms with van der Waals surface area (Å²) in [6.07, 6.45) is 2.36. The SMILES string of the molecule is CCCNC(CSCC)Cc1ccc(C)cc1. The fraction of sp³-hybridized carbons (Fsp3) is 0.600. The van der Waals surface area contributed by atoms with Gasteiger partial charge in [0.25, 0.3) is 0 Å². The van der Waals surface area contributed by atoms with Crippen LogP contribution in [0, 0.1) is 6.92 Å². The average molecular weight is 251 g/mol. The minimum absolute atomic E-state index is 0.614. The second-order valence-electron chi connectivity index (χ2n) is 4.50. The zero-order valence-corrected chi connectivity index (χ0v) is 12.1. The van der Waals surface area contributed by atoms with Gasteiger partial charge in [-0.1, -0.05) is 43.7 Å². The molecule has 0 saturated heterocycles.